The molecule has 0 atom stereocenters. The molecule has 0 saturated carbocycles. The molecular formula is C14H21NO4. The second-order valence-corrected chi connectivity index (χ2v) is 5.16. The summed E-state index contributed by atoms with van der Waals surface area (Å²) in [5.74, 6) is 1.18. The van der Waals surface area contributed by atoms with Crippen LogP contribution in [0, 0.1) is 12.3 Å². The van der Waals surface area contributed by atoms with Gasteiger partial charge in [0.05, 0.1) is 12.5 Å². The van der Waals surface area contributed by atoms with Crippen LogP contribution in [0.4, 0.5) is 0 Å². The molecule has 1 N–H and O–H groups in total. The predicted octanol–water partition coefficient (Wildman–Crippen LogP) is 1.84. The van der Waals surface area contributed by atoms with E-state index >= 15 is 0 Å². The Kier molecular flexibility index (Phi) is 5.15. The van der Waals surface area contributed by atoms with Crippen molar-refractivity contribution in [2.75, 3.05) is 13.7 Å². The van der Waals surface area contributed by atoms with Gasteiger partial charge in [-0.05, 0) is 32.9 Å². The Bertz CT molecular complexity index is 448. The van der Waals surface area contributed by atoms with E-state index in [9.17, 15) is 9.59 Å². The van der Waals surface area contributed by atoms with E-state index in [1.807, 2.05) is 19.1 Å². The lowest BCUT2D eigenvalue weighted by atomic mass is 9.94. The van der Waals surface area contributed by atoms with Crippen molar-refractivity contribution in [3.63, 3.8) is 0 Å². The molecule has 0 spiro atoms. The molecule has 0 bridgehead atoms. The topological polar surface area (TPSA) is 68.5 Å². The first-order valence-corrected chi connectivity index (χ1v) is 6.25. The van der Waals surface area contributed by atoms with Crippen LogP contribution in [-0.2, 0) is 20.7 Å². The minimum absolute atomic E-state index is 0.106. The summed E-state index contributed by atoms with van der Waals surface area (Å²) >= 11 is 0. The Balaban J connectivity index is 2.34. The Morgan fingerprint density at radius 2 is 2.05 bits per heavy atom. The number of rotatable bonds is 6. The van der Waals surface area contributed by atoms with Gasteiger partial charge in [0.2, 0.25) is 5.91 Å². The number of nitrogens with one attached hydrogen (secondary N) is 1. The number of ether oxygens (including phenoxy) is 1. The maximum absolute atomic E-state index is 11.7. The van der Waals surface area contributed by atoms with Crippen molar-refractivity contribution in [3.05, 3.63) is 23.7 Å². The molecule has 0 unspecified atom stereocenters. The average molecular weight is 267 g/mol. The zero-order valence-electron chi connectivity index (χ0n) is 11.9. The number of carbonyl (C=O) groups excluding carboxylic acids is 2. The van der Waals surface area contributed by atoms with Gasteiger partial charge in [-0.3, -0.25) is 9.59 Å². The average Bonchev–Trinajstić information content (AvgIpc) is 2.78. The molecule has 5 nitrogen and oxygen atoms in total. The normalized spacial score (nSPS) is 11.2. The fourth-order valence-corrected chi connectivity index (χ4v) is 1.61. The number of carbonyl (C=O) groups is 2. The third-order valence-electron chi connectivity index (χ3n) is 2.86. The van der Waals surface area contributed by atoms with Crippen molar-refractivity contribution in [2.24, 2.45) is 5.41 Å². The Labute approximate surface area is 113 Å². The van der Waals surface area contributed by atoms with Crippen LogP contribution in [0.25, 0.3) is 0 Å². The van der Waals surface area contributed by atoms with Gasteiger partial charge >= 0.3 is 5.97 Å². The highest BCUT2D eigenvalue weighted by atomic mass is 16.5. The van der Waals surface area contributed by atoms with Crippen LogP contribution in [0.15, 0.2) is 16.5 Å². The van der Waals surface area contributed by atoms with Gasteiger partial charge in [-0.1, -0.05) is 0 Å². The van der Waals surface area contributed by atoms with Gasteiger partial charge in [-0.25, -0.2) is 0 Å². The van der Waals surface area contributed by atoms with Crippen LogP contribution in [0.3, 0.4) is 0 Å². The summed E-state index contributed by atoms with van der Waals surface area (Å²) in [5.41, 5.74) is -0.717. The van der Waals surface area contributed by atoms with Crippen LogP contribution in [-0.4, -0.2) is 25.5 Å². The lowest BCUT2D eigenvalue weighted by Gasteiger charge is -2.21. The van der Waals surface area contributed by atoms with Gasteiger partial charge in [0.15, 0.2) is 0 Å². The first-order chi connectivity index (χ1) is 8.85. The quantitative estimate of drug-likeness (QED) is 0.798. The molecule has 1 aromatic rings. The Hall–Kier alpha value is -1.78. The smallest absolute Gasteiger partial charge is 0.313 e. The highest BCUT2D eigenvalue weighted by molar-refractivity contribution is 5.79. The van der Waals surface area contributed by atoms with Crippen LogP contribution in [0.2, 0.25) is 0 Å². The van der Waals surface area contributed by atoms with E-state index in [4.69, 9.17) is 4.42 Å². The lowest BCUT2D eigenvalue weighted by molar-refractivity contribution is -0.150. The number of amides is 1. The SMILES string of the molecule is COC(=O)C(C)(C)CNC(=O)CCc1ccc(C)o1. The highest BCUT2D eigenvalue weighted by Crippen LogP contribution is 2.15. The molecule has 0 fully saturated rings. The summed E-state index contributed by atoms with van der Waals surface area (Å²) in [6, 6.07) is 3.73. The van der Waals surface area contributed by atoms with Crippen molar-refractivity contribution < 1.29 is 18.7 Å². The predicted molar refractivity (Wildman–Crippen MR) is 70.6 cm³/mol. The molecule has 1 heterocycles. The summed E-state index contributed by atoms with van der Waals surface area (Å²) in [6.45, 7) is 5.59. The molecular weight excluding hydrogens is 246 g/mol. The molecule has 106 valence electrons. The van der Waals surface area contributed by atoms with Crippen molar-refractivity contribution in [3.8, 4) is 0 Å². The molecule has 0 aliphatic heterocycles. The fourth-order valence-electron chi connectivity index (χ4n) is 1.61. The van der Waals surface area contributed by atoms with Crippen molar-refractivity contribution >= 4 is 11.9 Å². The van der Waals surface area contributed by atoms with E-state index in [1.165, 1.54) is 7.11 Å². The van der Waals surface area contributed by atoms with Gasteiger partial charge in [0, 0.05) is 19.4 Å². The second kappa shape index (κ2) is 6.41. The summed E-state index contributed by atoms with van der Waals surface area (Å²) in [4.78, 5) is 23.1. The maximum Gasteiger partial charge on any atom is 0.313 e. The number of esters is 1. The molecule has 1 aromatic heterocycles. The van der Waals surface area contributed by atoms with E-state index < -0.39 is 5.41 Å². The van der Waals surface area contributed by atoms with Gasteiger partial charge in [0.25, 0.3) is 0 Å². The third kappa shape index (κ3) is 4.77. The number of hydrogen-bond donors (Lipinski definition) is 1. The van der Waals surface area contributed by atoms with Crippen LogP contribution in [0.1, 0.15) is 31.8 Å². The summed E-state index contributed by atoms with van der Waals surface area (Å²) in [7, 11) is 1.34. The van der Waals surface area contributed by atoms with Crippen LogP contribution < -0.4 is 5.32 Å². The number of aryl methyl sites for hydroxylation is 2. The largest absolute Gasteiger partial charge is 0.469 e. The van der Waals surface area contributed by atoms with Crippen molar-refractivity contribution in [1.29, 1.82) is 0 Å². The fraction of sp³-hybridized carbons (Fsp3) is 0.571. The van der Waals surface area contributed by atoms with E-state index in [0.717, 1.165) is 11.5 Å². The first-order valence-electron chi connectivity index (χ1n) is 6.25. The zero-order chi connectivity index (χ0) is 14.5. The van der Waals surface area contributed by atoms with E-state index in [-0.39, 0.29) is 18.4 Å². The number of hydrogen-bond acceptors (Lipinski definition) is 4. The van der Waals surface area contributed by atoms with Gasteiger partial charge in [0.1, 0.15) is 11.5 Å². The molecule has 0 aliphatic carbocycles. The number of furan rings is 1. The molecule has 0 aliphatic rings. The minimum atomic E-state index is -0.717. The van der Waals surface area contributed by atoms with Crippen LogP contribution in [0.5, 0.6) is 0 Å². The molecule has 5 heteroatoms. The van der Waals surface area contributed by atoms with E-state index in [0.29, 0.717) is 12.8 Å². The molecule has 1 amide bonds. The third-order valence-corrected chi connectivity index (χ3v) is 2.86. The first kappa shape index (κ1) is 15.3. The van der Waals surface area contributed by atoms with Gasteiger partial charge in [-0.15, -0.1) is 0 Å². The maximum atomic E-state index is 11.7. The summed E-state index contributed by atoms with van der Waals surface area (Å²) < 4.78 is 10.1. The van der Waals surface area contributed by atoms with Crippen molar-refractivity contribution in [2.45, 2.75) is 33.6 Å². The van der Waals surface area contributed by atoms with Crippen LogP contribution >= 0.6 is 0 Å². The Morgan fingerprint density at radius 1 is 1.37 bits per heavy atom. The molecule has 1 rings (SSSR count). The minimum Gasteiger partial charge on any atom is -0.469 e. The van der Waals surface area contributed by atoms with E-state index in [1.54, 1.807) is 13.8 Å². The molecule has 0 aromatic carbocycles. The molecule has 0 saturated heterocycles. The summed E-state index contributed by atoms with van der Waals surface area (Å²) in [6.07, 6.45) is 0.891. The van der Waals surface area contributed by atoms with Gasteiger partial charge in [-0.2, -0.15) is 0 Å². The highest BCUT2D eigenvalue weighted by Gasteiger charge is 2.28. The number of methoxy groups -OCH3 is 1. The standard InChI is InChI=1S/C14H21NO4/c1-10-5-6-11(19-10)7-8-12(16)15-9-14(2,3)13(17)18-4/h5-6H,7-9H2,1-4H3,(H,15,16). The Morgan fingerprint density at radius 3 is 2.58 bits per heavy atom. The van der Waals surface area contributed by atoms with E-state index in [2.05, 4.69) is 10.1 Å². The molecule has 0 radical (unpaired) electrons. The second-order valence-electron chi connectivity index (χ2n) is 5.16. The summed E-state index contributed by atoms with van der Waals surface area (Å²) in [5, 5.41) is 2.73. The lowest BCUT2D eigenvalue weighted by Crippen LogP contribution is -2.39. The van der Waals surface area contributed by atoms with Crippen molar-refractivity contribution in [1.82, 2.24) is 5.32 Å². The monoisotopic (exact) mass is 267 g/mol. The molecule has 19 heavy (non-hydrogen) atoms. The van der Waals surface area contributed by atoms with Gasteiger partial charge < -0.3 is 14.5 Å². The zero-order valence-corrected chi connectivity index (χ0v) is 11.9.